The molecule has 1 fully saturated rings. The number of rotatable bonds is 3. The van der Waals surface area contributed by atoms with E-state index in [4.69, 9.17) is 11.6 Å². The molecule has 2 unspecified atom stereocenters. The first kappa shape index (κ1) is 13.8. The van der Waals surface area contributed by atoms with Crippen LogP contribution in [0.25, 0.3) is 0 Å². The highest BCUT2D eigenvalue weighted by Gasteiger charge is 2.15. The minimum absolute atomic E-state index is 0.217. The molecule has 0 saturated heterocycles. The lowest BCUT2D eigenvalue weighted by atomic mass is 10.0. The van der Waals surface area contributed by atoms with E-state index in [1.807, 2.05) is 0 Å². The standard InChI is InChI=1S/C15H21ClFN/c1-11-3-2-4-14(7-5-11)18-10-12-9-13(17)6-8-15(12)16/h6,8-9,11,14,18H,2-5,7,10H2,1H3. The molecular weight excluding hydrogens is 249 g/mol. The quantitative estimate of drug-likeness (QED) is 0.795. The molecule has 0 spiro atoms. The van der Waals surface area contributed by atoms with E-state index in [0.29, 0.717) is 17.6 Å². The average Bonchev–Trinajstić information content (AvgIpc) is 2.55. The molecule has 100 valence electrons. The van der Waals surface area contributed by atoms with Crippen molar-refractivity contribution in [3.63, 3.8) is 0 Å². The van der Waals surface area contributed by atoms with Crippen LogP contribution in [0.3, 0.4) is 0 Å². The number of halogens is 2. The molecule has 1 N–H and O–H groups in total. The summed E-state index contributed by atoms with van der Waals surface area (Å²) in [5.74, 6) is 0.625. The van der Waals surface area contributed by atoms with Crippen LogP contribution in [0.15, 0.2) is 18.2 Å². The zero-order valence-electron chi connectivity index (χ0n) is 10.9. The van der Waals surface area contributed by atoms with E-state index in [1.54, 1.807) is 6.07 Å². The molecule has 0 radical (unpaired) electrons. The number of benzene rings is 1. The van der Waals surface area contributed by atoms with Gasteiger partial charge in [0.15, 0.2) is 0 Å². The van der Waals surface area contributed by atoms with Gasteiger partial charge in [-0.05, 0) is 48.9 Å². The van der Waals surface area contributed by atoms with Gasteiger partial charge in [-0.15, -0.1) is 0 Å². The van der Waals surface area contributed by atoms with Crippen molar-refractivity contribution in [2.45, 2.75) is 51.6 Å². The van der Waals surface area contributed by atoms with E-state index in [2.05, 4.69) is 12.2 Å². The van der Waals surface area contributed by atoms with E-state index in [-0.39, 0.29) is 5.82 Å². The van der Waals surface area contributed by atoms with Crippen LogP contribution in [0.5, 0.6) is 0 Å². The molecule has 1 aromatic rings. The van der Waals surface area contributed by atoms with Crippen LogP contribution in [0.4, 0.5) is 4.39 Å². The first-order chi connectivity index (χ1) is 8.65. The van der Waals surface area contributed by atoms with Gasteiger partial charge in [0.1, 0.15) is 5.82 Å². The fraction of sp³-hybridized carbons (Fsp3) is 0.600. The Morgan fingerprint density at radius 2 is 2.11 bits per heavy atom. The van der Waals surface area contributed by atoms with Gasteiger partial charge in [-0.25, -0.2) is 4.39 Å². The Balaban J connectivity index is 1.88. The lowest BCUT2D eigenvalue weighted by Crippen LogP contribution is -2.28. The topological polar surface area (TPSA) is 12.0 Å². The fourth-order valence-electron chi connectivity index (χ4n) is 2.62. The first-order valence-electron chi connectivity index (χ1n) is 6.82. The van der Waals surface area contributed by atoms with Crippen LogP contribution < -0.4 is 5.32 Å². The molecule has 0 aromatic heterocycles. The first-order valence-corrected chi connectivity index (χ1v) is 7.20. The molecular formula is C15H21ClFN. The number of nitrogens with one attached hydrogen (secondary N) is 1. The zero-order chi connectivity index (χ0) is 13.0. The van der Waals surface area contributed by atoms with E-state index in [9.17, 15) is 4.39 Å². The van der Waals surface area contributed by atoms with E-state index < -0.39 is 0 Å². The summed E-state index contributed by atoms with van der Waals surface area (Å²) in [4.78, 5) is 0. The number of hydrogen-bond acceptors (Lipinski definition) is 1. The summed E-state index contributed by atoms with van der Waals surface area (Å²) in [6.07, 6.45) is 6.34. The molecule has 2 atom stereocenters. The molecule has 0 bridgehead atoms. The van der Waals surface area contributed by atoms with Crippen molar-refractivity contribution in [3.8, 4) is 0 Å². The van der Waals surface area contributed by atoms with Crippen molar-refractivity contribution in [1.29, 1.82) is 0 Å². The molecule has 2 rings (SSSR count). The summed E-state index contributed by atoms with van der Waals surface area (Å²) in [6.45, 7) is 2.99. The summed E-state index contributed by atoms with van der Waals surface area (Å²) in [6, 6.07) is 5.10. The molecule has 1 aromatic carbocycles. The van der Waals surface area contributed by atoms with Gasteiger partial charge in [-0.2, -0.15) is 0 Å². The van der Waals surface area contributed by atoms with Crippen LogP contribution in [0.2, 0.25) is 5.02 Å². The summed E-state index contributed by atoms with van der Waals surface area (Å²) < 4.78 is 13.1. The predicted molar refractivity (Wildman–Crippen MR) is 74.3 cm³/mol. The largest absolute Gasteiger partial charge is 0.310 e. The summed E-state index contributed by atoms with van der Waals surface area (Å²) >= 11 is 6.06. The lowest BCUT2D eigenvalue weighted by molar-refractivity contribution is 0.447. The minimum atomic E-state index is -0.217. The predicted octanol–water partition coefficient (Wildman–Crippen LogP) is 4.54. The Bertz CT molecular complexity index is 394. The van der Waals surface area contributed by atoms with Gasteiger partial charge in [0, 0.05) is 17.6 Å². The van der Waals surface area contributed by atoms with Crippen LogP contribution in [0.1, 0.15) is 44.6 Å². The molecule has 1 nitrogen and oxygen atoms in total. The highest BCUT2D eigenvalue weighted by molar-refractivity contribution is 6.31. The van der Waals surface area contributed by atoms with E-state index in [1.165, 1.54) is 44.2 Å². The summed E-state index contributed by atoms with van der Waals surface area (Å²) in [5.41, 5.74) is 0.856. The molecule has 1 saturated carbocycles. The van der Waals surface area contributed by atoms with Crippen molar-refractivity contribution >= 4 is 11.6 Å². The maximum absolute atomic E-state index is 13.1. The van der Waals surface area contributed by atoms with Crippen molar-refractivity contribution in [2.24, 2.45) is 5.92 Å². The SMILES string of the molecule is CC1CCCC(NCc2cc(F)ccc2Cl)CC1. The third kappa shape index (κ3) is 3.96. The van der Waals surface area contributed by atoms with Crippen LogP contribution >= 0.6 is 11.6 Å². The Hall–Kier alpha value is -0.600. The van der Waals surface area contributed by atoms with Crippen molar-refractivity contribution in [2.75, 3.05) is 0 Å². The zero-order valence-corrected chi connectivity index (χ0v) is 11.6. The Kier molecular flexibility index (Phi) is 5.02. The van der Waals surface area contributed by atoms with Gasteiger partial charge in [0.2, 0.25) is 0 Å². The average molecular weight is 270 g/mol. The third-order valence-corrected chi connectivity index (χ3v) is 4.22. The summed E-state index contributed by atoms with van der Waals surface area (Å²) in [7, 11) is 0. The van der Waals surface area contributed by atoms with Crippen LogP contribution in [-0.4, -0.2) is 6.04 Å². The minimum Gasteiger partial charge on any atom is -0.310 e. The molecule has 1 aliphatic rings. The number of hydrogen-bond donors (Lipinski definition) is 1. The lowest BCUT2D eigenvalue weighted by Gasteiger charge is -2.17. The summed E-state index contributed by atoms with van der Waals surface area (Å²) in [5, 5.41) is 4.16. The van der Waals surface area contributed by atoms with Gasteiger partial charge < -0.3 is 5.32 Å². The Morgan fingerprint density at radius 1 is 1.28 bits per heavy atom. The fourth-order valence-corrected chi connectivity index (χ4v) is 2.81. The molecule has 0 aliphatic heterocycles. The van der Waals surface area contributed by atoms with Crippen LogP contribution in [0, 0.1) is 11.7 Å². The smallest absolute Gasteiger partial charge is 0.123 e. The van der Waals surface area contributed by atoms with Crippen molar-refractivity contribution < 1.29 is 4.39 Å². The third-order valence-electron chi connectivity index (χ3n) is 3.85. The normalized spacial score (nSPS) is 24.8. The molecule has 0 amide bonds. The van der Waals surface area contributed by atoms with Gasteiger partial charge in [0.25, 0.3) is 0 Å². The van der Waals surface area contributed by atoms with Gasteiger partial charge in [-0.3, -0.25) is 0 Å². The molecule has 3 heteroatoms. The maximum atomic E-state index is 13.1. The Labute approximate surface area is 114 Å². The maximum Gasteiger partial charge on any atom is 0.123 e. The molecule has 0 heterocycles. The monoisotopic (exact) mass is 269 g/mol. The van der Waals surface area contributed by atoms with E-state index in [0.717, 1.165) is 11.5 Å². The van der Waals surface area contributed by atoms with Crippen molar-refractivity contribution in [3.05, 3.63) is 34.6 Å². The van der Waals surface area contributed by atoms with Crippen molar-refractivity contribution in [1.82, 2.24) is 5.32 Å². The molecule has 1 aliphatic carbocycles. The van der Waals surface area contributed by atoms with E-state index >= 15 is 0 Å². The second-order valence-electron chi connectivity index (χ2n) is 5.43. The highest BCUT2D eigenvalue weighted by atomic mass is 35.5. The van der Waals surface area contributed by atoms with Gasteiger partial charge in [0.05, 0.1) is 0 Å². The van der Waals surface area contributed by atoms with Crippen LogP contribution in [-0.2, 0) is 6.54 Å². The Morgan fingerprint density at radius 3 is 2.94 bits per heavy atom. The van der Waals surface area contributed by atoms with Gasteiger partial charge in [-0.1, -0.05) is 31.4 Å². The molecule has 18 heavy (non-hydrogen) atoms. The second-order valence-corrected chi connectivity index (χ2v) is 5.83. The van der Waals surface area contributed by atoms with Gasteiger partial charge >= 0.3 is 0 Å². The highest BCUT2D eigenvalue weighted by Crippen LogP contribution is 2.23. The second kappa shape index (κ2) is 6.53.